The van der Waals surface area contributed by atoms with E-state index in [1.54, 1.807) is 0 Å². The molecule has 1 heterocycles. The average molecular weight is 247 g/mol. The SMILES string of the molecule is COc1cc(CC(=O)O)c(OC)nc1C(F)F. The third-order valence-electron chi connectivity index (χ3n) is 2.02. The van der Waals surface area contributed by atoms with Gasteiger partial charge in [-0.3, -0.25) is 4.79 Å². The van der Waals surface area contributed by atoms with E-state index in [9.17, 15) is 13.6 Å². The Morgan fingerprint density at radius 3 is 2.53 bits per heavy atom. The minimum Gasteiger partial charge on any atom is -0.495 e. The number of alkyl halides is 2. The molecule has 5 nitrogen and oxygen atoms in total. The molecular weight excluding hydrogens is 236 g/mol. The standard InChI is InChI=1S/C10H11F2NO4/c1-16-6-3-5(4-7(14)15)10(17-2)13-8(6)9(11)12/h3,9H,4H2,1-2H3,(H,14,15). The van der Waals surface area contributed by atoms with Crippen molar-refractivity contribution in [3.05, 3.63) is 17.3 Å². The second kappa shape index (κ2) is 5.42. The van der Waals surface area contributed by atoms with Gasteiger partial charge in [-0.25, -0.2) is 13.8 Å². The van der Waals surface area contributed by atoms with Gasteiger partial charge in [0, 0.05) is 5.56 Å². The van der Waals surface area contributed by atoms with Gasteiger partial charge in [-0.15, -0.1) is 0 Å². The van der Waals surface area contributed by atoms with Crippen LogP contribution in [0.1, 0.15) is 17.7 Å². The largest absolute Gasteiger partial charge is 0.495 e. The highest BCUT2D eigenvalue weighted by Crippen LogP contribution is 2.32. The predicted octanol–water partition coefficient (Wildman–Crippen LogP) is 1.66. The number of hydrogen-bond acceptors (Lipinski definition) is 4. The minimum atomic E-state index is -2.82. The van der Waals surface area contributed by atoms with Crippen LogP contribution in [-0.4, -0.2) is 30.3 Å². The van der Waals surface area contributed by atoms with Crippen molar-refractivity contribution in [1.29, 1.82) is 0 Å². The molecule has 94 valence electrons. The Labute approximate surface area is 96.0 Å². The maximum atomic E-state index is 12.6. The maximum absolute atomic E-state index is 12.6. The Morgan fingerprint density at radius 1 is 1.47 bits per heavy atom. The van der Waals surface area contributed by atoms with E-state index in [4.69, 9.17) is 14.6 Å². The summed E-state index contributed by atoms with van der Waals surface area (Å²) in [5, 5.41) is 8.66. The Morgan fingerprint density at radius 2 is 2.12 bits per heavy atom. The molecule has 0 spiro atoms. The van der Waals surface area contributed by atoms with Crippen molar-refractivity contribution in [3.8, 4) is 11.6 Å². The van der Waals surface area contributed by atoms with E-state index >= 15 is 0 Å². The molecule has 0 aliphatic carbocycles. The molecule has 0 bridgehead atoms. The van der Waals surface area contributed by atoms with Crippen LogP contribution in [0.4, 0.5) is 8.78 Å². The topological polar surface area (TPSA) is 68.7 Å². The van der Waals surface area contributed by atoms with Crippen LogP contribution in [0, 0.1) is 0 Å². The first-order valence-corrected chi connectivity index (χ1v) is 4.61. The monoisotopic (exact) mass is 247 g/mol. The zero-order valence-electron chi connectivity index (χ0n) is 9.24. The number of halogens is 2. The molecule has 0 atom stereocenters. The smallest absolute Gasteiger partial charge is 0.308 e. The maximum Gasteiger partial charge on any atom is 0.308 e. The number of carboxylic acid groups (broad SMARTS) is 1. The van der Waals surface area contributed by atoms with Crippen LogP contribution < -0.4 is 9.47 Å². The summed E-state index contributed by atoms with van der Waals surface area (Å²) in [7, 11) is 2.44. The highest BCUT2D eigenvalue weighted by molar-refractivity contribution is 5.71. The minimum absolute atomic E-state index is 0.136. The van der Waals surface area contributed by atoms with Crippen LogP contribution in [0.3, 0.4) is 0 Å². The summed E-state index contributed by atoms with van der Waals surface area (Å²) in [4.78, 5) is 14.1. The number of rotatable bonds is 5. The van der Waals surface area contributed by atoms with Crippen molar-refractivity contribution >= 4 is 5.97 Å². The molecule has 0 fully saturated rings. The Kier molecular flexibility index (Phi) is 4.19. The van der Waals surface area contributed by atoms with Gasteiger partial charge in [0.05, 0.1) is 20.6 Å². The molecule has 0 aliphatic rings. The Balaban J connectivity index is 3.27. The molecule has 1 aromatic rings. The summed E-state index contributed by atoms with van der Waals surface area (Å²) < 4.78 is 34.7. The third kappa shape index (κ3) is 3.02. The lowest BCUT2D eigenvalue weighted by Crippen LogP contribution is -2.07. The highest BCUT2D eigenvalue weighted by Gasteiger charge is 2.21. The van der Waals surface area contributed by atoms with Gasteiger partial charge < -0.3 is 14.6 Å². The number of carboxylic acids is 1. The average Bonchev–Trinajstić information content (AvgIpc) is 2.27. The molecule has 0 saturated carbocycles. The van der Waals surface area contributed by atoms with Crippen LogP contribution in [0.5, 0.6) is 11.6 Å². The molecule has 0 saturated heterocycles. The van der Waals surface area contributed by atoms with Crippen molar-refractivity contribution in [2.75, 3.05) is 14.2 Å². The lowest BCUT2D eigenvalue weighted by Gasteiger charge is -2.12. The van der Waals surface area contributed by atoms with Crippen molar-refractivity contribution < 1.29 is 28.2 Å². The van der Waals surface area contributed by atoms with Crippen LogP contribution in [0.15, 0.2) is 6.07 Å². The van der Waals surface area contributed by atoms with E-state index in [2.05, 4.69) is 4.98 Å². The fourth-order valence-electron chi connectivity index (χ4n) is 1.32. The molecule has 0 radical (unpaired) electrons. The number of nitrogens with zero attached hydrogens (tertiary/aromatic N) is 1. The Hall–Kier alpha value is -1.92. The van der Waals surface area contributed by atoms with Gasteiger partial charge in [-0.1, -0.05) is 0 Å². The molecule has 0 unspecified atom stereocenters. The van der Waals surface area contributed by atoms with Gasteiger partial charge in [0.1, 0.15) is 5.75 Å². The van der Waals surface area contributed by atoms with E-state index in [0.29, 0.717) is 0 Å². The molecule has 0 amide bonds. The normalized spacial score (nSPS) is 10.4. The molecule has 0 aromatic carbocycles. The summed E-state index contributed by atoms with van der Waals surface area (Å²) in [6, 6.07) is 1.20. The van der Waals surface area contributed by atoms with Crippen LogP contribution in [0.25, 0.3) is 0 Å². The first-order valence-electron chi connectivity index (χ1n) is 4.61. The number of carbonyl (C=O) groups is 1. The molecule has 1 aromatic heterocycles. The van der Waals surface area contributed by atoms with Crippen molar-refractivity contribution in [2.24, 2.45) is 0 Å². The first kappa shape index (κ1) is 13.1. The van der Waals surface area contributed by atoms with Gasteiger partial charge in [-0.05, 0) is 6.07 Å². The van der Waals surface area contributed by atoms with E-state index in [1.807, 2.05) is 0 Å². The molecule has 17 heavy (non-hydrogen) atoms. The highest BCUT2D eigenvalue weighted by atomic mass is 19.3. The van der Waals surface area contributed by atoms with Crippen molar-refractivity contribution in [1.82, 2.24) is 4.98 Å². The van der Waals surface area contributed by atoms with Crippen LogP contribution >= 0.6 is 0 Å². The zero-order valence-corrected chi connectivity index (χ0v) is 9.24. The van der Waals surface area contributed by atoms with Gasteiger partial charge in [0.25, 0.3) is 6.43 Å². The third-order valence-corrected chi connectivity index (χ3v) is 2.02. The van der Waals surface area contributed by atoms with Crippen molar-refractivity contribution in [3.63, 3.8) is 0 Å². The van der Waals surface area contributed by atoms with Crippen molar-refractivity contribution in [2.45, 2.75) is 12.8 Å². The fraction of sp³-hybridized carbons (Fsp3) is 0.400. The van der Waals surface area contributed by atoms with Crippen LogP contribution in [0.2, 0.25) is 0 Å². The van der Waals surface area contributed by atoms with Gasteiger partial charge in [-0.2, -0.15) is 0 Å². The number of aliphatic carboxylic acids is 1. The Bertz CT molecular complexity index is 423. The fourth-order valence-corrected chi connectivity index (χ4v) is 1.32. The number of aromatic nitrogens is 1. The number of hydrogen-bond donors (Lipinski definition) is 1. The van der Waals surface area contributed by atoms with Gasteiger partial charge >= 0.3 is 5.97 Å². The van der Waals surface area contributed by atoms with Gasteiger partial charge in [0.15, 0.2) is 5.69 Å². The zero-order chi connectivity index (χ0) is 13.0. The van der Waals surface area contributed by atoms with E-state index in [1.165, 1.54) is 20.3 Å². The van der Waals surface area contributed by atoms with E-state index < -0.39 is 18.1 Å². The predicted molar refractivity (Wildman–Crippen MR) is 53.6 cm³/mol. The number of pyridine rings is 1. The second-order valence-corrected chi connectivity index (χ2v) is 3.12. The van der Waals surface area contributed by atoms with E-state index in [-0.39, 0.29) is 23.6 Å². The summed E-state index contributed by atoms with van der Waals surface area (Å²) in [5.74, 6) is -1.41. The summed E-state index contributed by atoms with van der Waals surface area (Å²) >= 11 is 0. The molecular formula is C10H11F2NO4. The second-order valence-electron chi connectivity index (χ2n) is 3.12. The molecule has 7 heteroatoms. The summed E-state index contributed by atoms with van der Waals surface area (Å²) in [6.45, 7) is 0. The summed E-state index contributed by atoms with van der Waals surface area (Å²) in [6.07, 6.45) is -3.20. The molecule has 1 N–H and O–H groups in total. The first-order chi connectivity index (χ1) is 7.99. The summed E-state index contributed by atoms with van der Waals surface area (Å²) in [5.41, 5.74) is -0.389. The van der Waals surface area contributed by atoms with E-state index in [0.717, 1.165) is 0 Å². The van der Waals surface area contributed by atoms with Crippen LogP contribution in [-0.2, 0) is 11.2 Å². The number of methoxy groups -OCH3 is 2. The van der Waals surface area contributed by atoms with Gasteiger partial charge in [0.2, 0.25) is 5.88 Å². The number of ether oxygens (including phenoxy) is 2. The molecule has 0 aliphatic heterocycles. The quantitative estimate of drug-likeness (QED) is 0.857. The lowest BCUT2D eigenvalue weighted by molar-refractivity contribution is -0.136. The molecule has 1 rings (SSSR count). The lowest BCUT2D eigenvalue weighted by atomic mass is 10.1.